The standard InChI is InChI=1S/C14H20F2N2O3S.ClH/c1-10-6-7-17-8-13(10)18-22(19,20)12-4-2-11(3-5-12)21-9-14(15)16;/h2-5,10,13-14,17-18H,6-9H2,1H3;1H. The first kappa shape index (κ1) is 20.1. The quantitative estimate of drug-likeness (QED) is 0.804. The van der Waals surface area contributed by atoms with Crippen molar-refractivity contribution in [3.05, 3.63) is 24.3 Å². The zero-order valence-electron chi connectivity index (χ0n) is 12.7. The van der Waals surface area contributed by atoms with E-state index < -0.39 is 23.1 Å². The minimum absolute atomic E-state index is 0. The lowest BCUT2D eigenvalue weighted by atomic mass is 9.96. The smallest absolute Gasteiger partial charge is 0.272 e. The summed E-state index contributed by atoms with van der Waals surface area (Å²) in [4.78, 5) is 0.0923. The van der Waals surface area contributed by atoms with Crippen LogP contribution in [0.3, 0.4) is 0 Å². The number of nitrogens with one attached hydrogen (secondary N) is 2. The van der Waals surface area contributed by atoms with Crippen LogP contribution in [-0.2, 0) is 10.0 Å². The van der Waals surface area contributed by atoms with Crippen molar-refractivity contribution in [3.8, 4) is 5.75 Å². The van der Waals surface area contributed by atoms with Crippen LogP contribution in [0.1, 0.15) is 13.3 Å². The molecule has 1 aromatic carbocycles. The topological polar surface area (TPSA) is 67.4 Å². The van der Waals surface area contributed by atoms with Gasteiger partial charge in [0, 0.05) is 12.6 Å². The number of benzene rings is 1. The second-order valence-corrected chi connectivity index (χ2v) is 7.09. The van der Waals surface area contributed by atoms with E-state index in [-0.39, 0.29) is 35.0 Å². The highest BCUT2D eigenvalue weighted by molar-refractivity contribution is 7.89. The van der Waals surface area contributed by atoms with E-state index in [0.29, 0.717) is 6.54 Å². The Morgan fingerprint density at radius 1 is 1.35 bits per heavy atom. The van der Waals surface area contributed by atoms with Crippen molar-refractivity contribution in [1.82, 2.24) is 10.0 Å². The number of hydrogen-bond donors (Lipinski definition) is 2. The lowest BCUT2D eigenvalue weighted by Crippen LogP contribution is -2.50. The Balaban J connectivity index is 0.00000264. The van der Waals surface area contributed by atoms with Crippen LogP contribution in [0.25, 0.3) is 0 Å². The monoisotopic (exact) mass is 370 g/mol. The molecule has 23 heavy (non-hydrogen) atoms. The van der Waals surface area contributed by atoms with E-state index in [0.717, 1.165) is 13.0 Å². The van der Waals surface area contributed by atoms with Crippen molar-refractivity contribution in [1.29, 1.82) is 0 Å². The molecule has 1 heterocycles. The molecular weight excluding hydrogens is 350 g/mol. The van der Waals surface area contributed by atoms with Gasteiger partial charge in [-0.2, -0.15) is 0 Å². The van der Waals surface area contributed by atoms with Crippen molar-refractivity contribution in [3.63, 3.8) is 0 Å². The number of hydrogen-bond acceptors (Lipinski definition) is 4. The predicted molar refractivity (Wildman–Crippen MR) is 85.9 cm³/mol. The highest BCUT2D eigenvalue weighted by atomic mass is 35.5. The number of halogens is 3. The third-order valence-corrected chi connectivity index (χ3v) is 5.15. The molecule has 0 aromatic heterocycles. The van der Waals surface area contributed by atoms with Crippen LogP contribution in [0.2, 0.25) is 0 Å². The molecule has 2 atom stereocenters. The fourth-order valence-corrected chi connectivity index (χ4v) is 3.63. The van der Waals surface area contributed by atoms with Gasteiger partial charge in [-0.05, 0) is 43.1 Å². The molecule has 0 saturated carbocycles. The molecule has 1 fully saturated rings. The van der Waals surface area contributed by atoms with Gasteiger partial charge in [0.25, 0.3) is 6.43 Å². The molecule has 2 rings (SSSR count). The SMILES string of the molecule is CC1CCNCC1NS(=O)(=O)c1ccc(OCC(F)F)cc1.Cl. The summed E-state index contributed by atoms with van der Waals surface area (Å²) in [6.45, 7) is 2.77. The summed E-state index contributed by atoms with van der Waals surface area (Å²) in [5, 5.41) is 3.16. The molecule has 0 bridgehead atoms. The Morgan fingerprint density at radius 3 is 2.57 bits per heavy atom. The predicted octanol–water partition coefficient (Wildman–Crippen LogP) is 2.03. The van der Waals surface area contributed by atoms with E-state index in [1.54, 1.807) is 0 Å². The maximum atomic E-state index is 12.3. The number of sulfonamides is 1. The second-order valence-electron chi connectivity index (χ2n) is 5.37. The van der Waals surface area contributed by atoms with Gasteiger partial charge in [-0.15, -0.1) is 12.4 Å². The zero-order chi connectivity index (χ0) is 16.2. The first-order valence-electron chi connectivity index (χ1n) is 7.12. The fraction of sp³-hybridized carbons (Fsp3) is 0.571. The van der Waals surface area contributed by atoms with E-state index in [4.69, 9.17) is 4.74 Å². The Labute approximate surface area is 141 Å². The summed E-state index contributed by atoms with van der Waals surface area (Å²) < 4.78 is 56.3. The number of piperidine rings is 1. The van der Waals surface area contributed by atoms with Crippen LogP contribution in [0.5, 0.6) is 5.75 Å². The van der Waals surface area contributed by atoms with Crippen LogP contribution in [-0.4, -0.2) is 40.6 Å². The maximum Gasteiger partial charge on any atom is 0.272 e. The Hall–Kier alpha value is -0.960. The molecular formula is C14H21ClF2N2O3S. The molecule has 5 nitrogen and oxygen atoms in total. The molecule has 0 aliphatic carbocycles. The zero-order valence-corrected chi connectivity index (χ0v) is 14.3. The van der Waals surface area contributed by atoms with Gasteiger partial charge in [0.2, 0.25) is 10.0 Å². The number of rotatable bonds is 6. The van der Waals surface area contributed by atoms with Crippen LogP contribution in [0, 0.1) is 5.92 Å². The van der Waals surface area contributed by atoms with Crippen molar-refractivity contribution in [2.24, 2.45) is 5.92 Å². The molecule has 1 aromatic rings. The normalized spacial score (nSPS) is 21.7. The largest absolute Gasteiger partial charge is 0.488 e. The molecule has 0 amide bonds. The van der Waals surface area contributed by atoms with E-state index >= 15 is 0 Å². The van der Waals surface area contributed by atoms with E-state index in [1.807, 2.05) is 6.92 Å². The molecule has 132 valence electrons. The molecule has 1 saturated heterocycles. The average Bonchev–Trinajstić information content (AvgIpc) is 2.48. The Bertz CT molecular complexity index is 584. The van der Waals surface area contributed by atoms with Gasteiger partial charge >= 0.3 is 0 Å². The van der Waals surface area contributed by atoms with Gasteiger partial charge in [-0.3, -0.25) is 0 Å². The van der Waals surface area contributed by atoms with Gasteiger partial charge in [0.15, 0.2) is 0 Å². The lowest BCUT2D eigenvalue weighted by molar-refractivity contribution is 0.0819. The molecule has 0 radical (unpaired) electrons. The second kappa shape index (κ2) is 8.77. The maximum absolute atomic E-state index is 12.3. The minimum Gasteiger partial charge on any atom is -0.488 e. The highest BCUT2D eigenvalue weighted by Crippen LogP contribution is 2.19. The molecule has 2 unspecified atom stereocenters. The van der Waals surface area contributed by atoms with Gasteiger partial charge in [-0.25, -0.2) is 21.9 Å². The molecule has 1 aliphatic heterocycles. The third-order valence-electron chi connectivity index (χ3n) is 3.64. The summed E-state index contributed by atoms with van der Waals surface area (Å²) in [5.74, 6) is 0.469. The van der Waals surface area contributed by atoms with Crippen molar-refractivity contribution in [2.45, 2.75) is 30.7 Å². The van der Waals surface area contributed by atoms with Gasteiger partial charge in [-0.1, -0.05) is 6.92 Å². The Kier molecular flexibility index (Phi) is 7.66. The molecule has 1 aliphatic rings. The van der Waals surface area contributed by atoms with Crippen LogP contribution in [0.4, 0.5) is 8.78 Å². The summed E-state index contributed by atoms with van der Waals surface area (Å²) in [5.41, 5.74) is 0. The molecule has 2 N–H and O–H groups in total. The molecule has 9 heteroatoms. The summed E-state index contributed by atoms with van der Waals surface area (Å²) in [7, 11) is -3.63. The third kappa shape index (κ3) is 5.87. The van der Waals surface area contributed by atoms with Crippen LogP contribution >= 0.6 is 12.4 Å². The van der Waals surface area contributed by atoms with Crippen molar-refractivity contribution >= 4 is 22.4 Å². The highest BCUT2D eigenvalue weighted by Gasteiger charge is 2.26. The molecule has 0 spiro atoms. The van der Waals surface area contributed by atoms with Gasteiger partial charge in [0.05, 0.1) is 4.90 Å². The fourth-order valence-electron chi connectivity index (χ4n) is 2.29. The average molecular weight is 371 g/mol. The van der Waals surface area contributed by atoms with Gasteiger partial charge < -0.3 is 10.1 Å². The summed E-state index contributed by atoms with van der Waals surface area (Å²) in [6.07, 6.45) is -1.65. The lowest BCUT2D eigenvalue weighted by Gasteiger charge is -2.29. The number of ether oxygens (including phenoxy) is 1. The summed E-state index contributed by atoms with van der Waals surface area (Å²) >= 11 is 0. The number of alkyl halides is 2. The first-order valence-corrected chi connectivity index (χ1v) is 8.61. The van der Waals surface area contributed by atoms with E-state index in [1.165, 1.54) is 24.3 Å². The summed E-state index contributed by atoms with van der Waals surface area (Å²) in [6, 6.07) is 5.29. The Morgan fingerprint density at radius 2 is 2.00 bits per heavy atom. The first-order chi connectivity index (χ1) is 10.4. The van der Waals surface area contributed by atoms with E-state index in [9.17, 15) is 17.2 Å². The van der Waals surface area contributed by atoms with Crippen LogP contribution in [0.15, 0.2) is 29.2 Å². The van der Waals surface area contributed by atoms with Gasteiger partial charge in [0.1, 0.15) is 12.4 Å². The minimum atomic E-state index is -3.63. The van der Waals surface area contributed by atoms with Crippen molar-refractivity contribution in [2.75, 3.05) is 19.7 Å². The van der Waals surface area contributed by atoms with Crippen molar-refractivity contribution < 1.29 is 21.9 Å². The van der Waals surface area contributed by atoms with E-state index in [2.05, 4.69) is 10.0 Å². The van der Waals surface area contributed by atoms with Crippen LogP contribution < -0.4 is 14.8 Å².